The fraction of sp³-hybridized carbons (Fsp3) is 0.357. The van der Waals surface area contributed by atoms with E-state index in [2.05, 4.69) is 0 Å². The van der Waals surface area contributed by atoms with Gasteiger partial charge in [-0.3, -0.25) is 4.79 Å². The Labute approximate surface area is 101 Å². The summed E-state index contributed by atoms with van der Waals surface area (Å²) in [5.74, 6) is -0.987. The van der Waals surface area contributed by atoms with Crippen molar-refractivity contribution in [2.24, 2.45) is 0 Å². The first-order valence-electron chi connectivity index (χ1n) is 5.74. The van der Waals surface area contributed by atoms with Crippen LogP contribution >= 0.6 is 0 Å². The number of carboxylic acids is 1. The highest BCUT2D eigenvalue weighted by atomic mass is 16.4. The van der Waals surface area contributed by atoms with Gasteiger partial charge in [0.25, 0.3) is 0 Å². The molecule has 0 bridgehead atoms. The van der Waals surface area contributed by atoms with Crippen LogP contribution in [0.4, 0.5) is 0 Å². The molecule has 0 radical (unpaired) electrons. The molecule has 3 nitrogen and oxygen atoms in total. The number of carbonyl (C=O) groups is 1. The summed E-state index contributed by atoms with van der Waals surface area (Å²) in [4.78, 5) is 10.7. The van der Waals surface area contributed by atoms with Crippen LogP contribution < -0.4 is 0 Å². The molecule has 17 heavy (non-hydrogen) atoms. The van der Waals surface area contributed by atoms with E-state index in [-0.39, 0.29) is 6.42 Å². The van der Waals surface area contributed by atoms with E-state index < -0.39 is 11.6 Å². The summed E-state index contributed by atoms with van der Waals surface area (Å²) in [5, 5.41) is 19.0. The molecule has 1 aromatic rings. The minimum Gasteiger partial charge on any atom is -0.481 e. The maximum Gasteiger partial charge on any atom is 0.306 e. The number of hydrogen-bond donors (Lipinski definition) is 2. The molecule has 0 fully saturated rings. The van der Waals surface area contributed by atoms with Gasteiger partial charge in [0.1, 0.15) is 0 Å². The molecule has 0 aliphatic rings. The molecular weight excluding hydrogens is 216 g/mol. The third-order valence-corrected chi connectivity index (χ3v) is 2.53. The second-order valence-corrected chi connectivity index (χ2v) is 4.17. The van der Waals surface area contributed by atoms with Crippen LogP contribution in [-0.2, 0) is 4.79 Å². The average Bonchev–Trinajstić information content (AvgIpc) is 2.27. The van der Waals surface area contributed by atoms with Crippen molar-refractivity contribution in [3.05, 3.63) is 42.0 Å². The van der Waals surface area contributed by atoms with Gasteiger partial charge in [0.05, 0.1) is 12.0 Å². The lowest BCUT2D eigenvalue weighted by Gasteiger charge is -2.21. The summed E-state index contributed by atoms with van der Waals surface area (Å²) >= 11 is 0. The van der Waals surface area contributed by atoms with Gasteiger partial charge in [0.15, 0.2) is 0 Å². The zero-order valence-electron chi connectivity index (χ0n) is 9.97. The van der Waals surface area contributed by atoms with Gasteiger partial charge in [-0.2, -0.15) is 0 Å². The molecule has 0 unspecified atom stereocenters. The Hall–Kier alpha value is -1.61. The van der Waals surface area contributed by atoms with Crippen LogP contribution in [0.2, 0.25) is 0 Å². The topological polar surface area (TPSA) is 57.5 Å². The standard InChI is InChI=1S/C14H18O3/c1-2-9-14(17,11-13(15)16)10-8-12-6-4-3-5-7-12/h3-8,10,17H,2,9,11H2,1H3,(H,15,16)/b10-8+/t14-/m1/s1. The molecule has 3 heteroatoms. The second kappa shape index (κ2) is 6.21. The van der Waals surface area contributed by atoms with E-state index in [4.69, 9.17) is 5.11 Å². The van der Waals surface area contributed by atoms with Crippen molar-refractivity contribution in [3.63, 3.8) is 0 Å². The number of rotatable bonds is 6. The zero-order chi connectivity index (χ0) is 12.7. The number of aliphatic carboxylic acids is 1. The molecule has 0 heterocycles. The molecule has 2 N–H and O–H groups in total. The highest BCUT2D eigenvalue weighted by Gasteiger charge is 2.25. The molecule has 0 aliphatic carbocycles. The van der Waals surface area contributed by atoms with Crippen molar-refractivity contribution in [1.82, 2.24) is 0 Å². The van der Waals surface area contributed by atoms with Gasteiger partial charge in [-0.1, -0.05) is 55.8 Å². The van der Waals surface area contributed by atoms with Crippen molar-refractivity contribution in [2.75, 3.05) is 0 Å². The summed E-state index contributed by atoms with van der Waals surface area (Å²) in [7, 11) is 0. The van der Waals surface area contributed by atoms with Crippen LogP contribution in [0.1, 0.15) is 31.7 Å². The quantitative estimate of drug-likeness (QED) is 0.795. The fourth-order valence-corrected chi connectivity index (χ4v) is 1.74. The number of benzene rings is 1. The average molecular weight is 234 g/mol. The Morgan fingerprint density at radius 2 is 2.00 bits per heavy atom. The van der Waals surface area contributed by atoms with Crippen LogP contribution in [0.25, 0.3) is 6.08 Å². The molecule has 0 aliphatic heterocycles. The molecule has 92 valence electrons. The predicted molar refractivity (Wildman–Crippen MR) is 67.6 cm³/mol. The van der Waals surface area contributed by atoms with Crippen LogP contribution in [0.15, 0.2) is 36.4 Å². The van der Waals surface area contributed by atoms with Crippen LogP contribution in [0.5, 0.6) is 0 Å². The maximum atomic E-state index is 10.7. The maximum absolute atomic E-state index is 10.7. The first kappa shape index (κ1) is 13.5. The van der Waals surface area contributed by atoms with E-state index in [1.54, 1.807) is 12.2 Å². The van der Waals surface area contributed by atoms with Gasteiger partial charge >= 0.3 is 5.97 Å². The minimum atomic E-state index is -1.25. The second-order valence-electron chi connectivity index (χ2n) is 4.17. The summed E-state index contributed by atoms with van der Waals surface area (Å²) in [6.07, 6.45) is 4.27. The van der Waals surface area contributed by atoms with E-state index in [1.165, 1.54) is 0 Å². The van der Waals surface area contributed by atoms with Crippen molar-refractivity contribution in [3.8, 4) is 0 Å². The van der Waals surface area contributed by atoms with Gasteiger partial charge in [-0.05, 0) is 12.0 Å². The lowest BCUT2D eigenvalue weighted by atomic mass is 9.93. The summed E-state index contributed by atoms with van der Waals surface area (Å²) in [6.45, 7) is 1.92. The van der Waals surface area contributed by atoms with Crippen LogP contribution in [0, 0.1) is 0 Å². The van der Waals surface area contributed by atoms with Crippen LogP contribution in [-0.4, -0.2) is 21.8 Å². The van der Waals surface area contributed by atoms with Gasteiger partial charge in [0, 0.05) is 0 Å². The normalized spacial score (nSPS) is 14.7. The smallest absolute Gasteiger partial charge is 0.306 e. The number of aliphatic hydroxyl groups is 1. The molecule has 0 spiro atoms. The highest BCUT2D eigenvalue weighted by Crippen LogP contribution is 2.20. The van der Waals surface area contributed by atoms with Gasteiger partial charge in [-0.15, -0.1) is 0 Å². The Morgan fingerprint density at radius 3 is 2.53 bits per heavy atom. The third-order valence-electron chi connectivity index (χ3n) is 2.53. The Kier molecular flexibility index (Phi) is 4.91. The zero-order valence-corrected chi connectivity index (χ0v) is 9.97. The monoisotopic (exact) mass is 234 g/mol. The SMILES string of the molecule is CCC[C@@](O)(/C=C/c1ccccc1)CC(=O)O. The van der Waals surface area contributed by atoms with Gasteiger partial charge < -0.3 is 10.2 Å². The lowest BCUT2D eigenvalue weighted by Crippen LogP contribution is -2.29. The molecule has 0 saturated carbocycles. The Balaban J connectivity index is 2.79. The van der Waals surface area contributed by atoms with Gasteiger partial charge in [0.2, 0.25) is 0 Å². The Morgan fingerprint density at radius 1 is 1.35 bits per heavy atom. The molecule has 1 aromatic carbocycles. The summed E-state index contributed by atoms with van der Waals surface area (Å²) < 4.78 is 0. The minimum absolute atomic E-state index is 0.260. The first-order chi connectivity index (χ1) is 8.06. The van der Waals surface area contributed by atoms with Crippen molar-refractivity contribution < 1.29 is 15.0 Å². The third kappa shape index (κ3) is 4.83. The largest absolute Gasteiger partial charge is 0.481 e. The predicted octanol–water partition coefficient (Wildman–Crippen LogP) is 2.71. The number of carboxylic acid groups (broad SMARTS) is 1. The number of hydrogen-bond acceptors (Lipinski definition) is 2. The van der Waals surface area contributed by atoms with E-state index >= 15 is 0 Å². The molecule has 0 aromatic heterocycles. The first-order valence-corrected chi connectivity index (χ1v) is 5.74. The highest BCUT2D eigenvalue weighted by molar-refractivity contribution is 5.69. The van der Waals surface area contributed by atoms with E-state index in [0.29, 0.717) is 6.42 Å². The molecule has 1 atom stereocenters. The Bertz CT molecular complexity index is 384. The lowest BCUT2D eigenvalue weighted by molar-refractivity contribution is -0.141. The molecule has 1 rings (SSSR count). The molecule has 0 saturated heterocycles. The molecular formula is C14H18O3. The van der Waals surface area contributed by atoms with Crippen molar-refractivity contribution >= 4 is 12.0 Å². The van der Waals surface area contributed by atoms with E-state index in [0.717, 1.165) is 12.0 Å². The van der Waals surface area contributed by atoms with Crippen LogP contribution in [0.3, 0.4) is 0 Å². The van der Waals surface area contributed by atoms with Gasteiger partial charge in [-0.25, -0.2) is 0 Å². The molecule has 0 amide bonds. The fourth-order valence-electron chi connectivity index (χ4n) is 1.74. The van der Waals surface area contributed by atoms with E-state index in [9.17, 15) is 9.90 Å². The summed E-state index contributed by atoms with van der Waals surface area (Å²) in [5.41, 5.74) is -0.302. The van der Waals surface area contributed by atoms with Crippen molar-refractivity contribution in [1.29, 1.82) is 0 Å². The van der Waals surface area contributed by atoms with Crippen molar-refractivity contribution in [2.45, 2.75) is 31.8 Å². The van der Waals surface area contributed by atoms with E-state index in [1.807, 2.05) is 37.3 Å². The summed E-state index contributed by atoms with van der Waals surface area (Å²) in [6, 6.07) is 9.52.